The number of hydrogen-bond donors (Lipinski definition) is 3. The summed E-state index contributed by atoms with van der Waals surface area (Å²) in [6, 6.07) is 7.86. The van der Waals surface area contributed by atoms with Crippen molar-refractivity contribution < 1.29 is 4.79 Å². The second-order valence-electron chi connectivity index (χ2n) is 4.43. The minimum atomic E-state index is -0.260. The second kappa shape index (κ2) is 6.37. The van der Waals surface area contributed by atoms with E-state index in [4.69, 9.17) is 5.73 Å². The van der Waals surface area contributed by atoms with Gasteiger partial charge in [0.2, 0.25) is 5.91 Å². The van der Waals surface area contributed by atoms with Crippen molar-refractivity contribution in [2.24, 2.45) is 5.73 Å². The van der Waals surface area contributed by atoms with Crippen molar-refractivity contribution in [1.82, 2.24) is 10.9 Å². The van der Waals surface area contributed by atoms with Crippen LogP contribution in [0.4, 0.5) is 0 Å². The normalized spacial score (nSPS) is 12.5. The second-order valence-corrected chi connectivity index (χ2v) is 4.43. The van der Waals surface area contributed by atoms with E-state index in [1.165, 1.54) is 5.56 Å². The maximum Gasteiger partial charge on any atom is 0.235 e. The SMILES string of the molecule is CNNC(=O)CC(N)c1ccc(C(C)C)cc1. The fourth-order valence-corrected chi connectivity index (χ4v) is 1.64. The Kier molecular flexibility index (Phi) is 5.12. The molecule has 1 amide bonds. The highest BCUT2D eigenvalue weighted by Crippen LogP contribution is 2.19. The highest BCUT2D eigenvalue weighted by Gasteiger charge is 2.11. The monoisotopic (exact) mass is 235 g/mol. The van der Waals surface area contributed by atoms with Gasteiger partial charge in [-0.15, -0.1) is 0 Å². The quantitative estimate of drug-likeness (QED) is 0.677. The molecule has 1 unspecified atom stereocenters. The lowest BCUT2D eigenvalue weighted by Gasteiger charge is -2.13. The molecule has 4 heteroatoms. The molecule has 94 valence electrons. The van der Waals surface area contributed by atoms with Crippen LogP contribution in [0.2, 0.25) is 0 Å². The van der Waals surface area contributed by atoms with Crippen molar-refractivity contribution in [2.75, 3.05) is 7.05 Å². The van der Waals surface area contributed by atoms with Crippen LogP contribution in [0, 0.1) is 0 Å². The van der Waals surface area contributed by atoms with Gasteiger partial charge < -0.3 is 5.73 Å². The smallest absolute Gasteiger partial charge is 0.235 e. The van der Waals surface area contributed by atoms with Crippen LogP contribution >= 0.6 is 0 Å². The largest absolute Gasteiger partial charge is 0.324 e. The molecule has 0 bridgehead atoms. The number of benzene rings is 1. The van der Waals surface area contributed by atoms with Crippen molar-refractivity contribution in [3.05, 3.63) is 35.4 Å². The van der Waals surface area contributed by atoms with E-state index < -0.39 is 0 Å². The number of hydrogen-bond acceptors (Lipinski definition) is 3. The van der Waals surface area contributed by atoms with Crippen LogP contribution in [0.3, 0.4) is 0 Å². The fourth-order valence-electron chi connectivity index (χ4n) is 1.64. The number of rotatable bonds is 5. The first kappa shape index (κ1) is 13.7. The van der Waals surface area contributed by atoms with Gasteiger partial charge in [0.25, 0.3) is 0 Å². The maximum absolute atomic E-state index is 11.3. The number of hydrazine groups is 1. The molecule has 0 spiro atoms. The van der Waals surface area contributed by atoms with Crippen molar-refractivity contribution in [3.8, 4) is 0 Å². The zero-order valence-corrected chi connectivity index (χ0v) is 10.7. The highest BCUT2D eigenvalue weighted by molar-refractivity contribution is 5.76. The van der Waals surface area contributed by atoms with Gasteiger partial charge in [-0.05, 0) is 17.0 Å². The Morgan fingerprint density at radius 3 is 2.24 bits per heavy atom. The van der Waals surface area contributed by atoms with Gasteiger partial charge in [0.1, 0.15) is 0 Å². The molecule has 0 saturated carbocycles. The molecule has 0 heterocycles. The third-order valence-corrected chi connectivity index (χ3v) is 2.70. The number of amides is 1. The summed E-state index contributed by atoms with van der Waals surface area (Å²) in [5.41, 5.74) is 13.3. The zero-order valence-electron chi connectivity index (χ0n) is 10.7. The lowest BCUT2D eigenvalue weighted by molar-refractivity contribution is -0.122. The molecule has 0 aliphatic rings. The molecule has 0 aliphatic heterocycles. The van der Waals surface area contributed by atoms with Crippen LogP contribution in [0.25, 0.3) is 0 Å². The Balaban J connectivity index is 2.63. The molecule has 1 aromatic rings. The number of nitrogens with two attached hydrogens (primary N) is 1. The van der Waals surface area contributed by atoms with Gasteiger partial charge in [-0.2, -0.15) is 0 Å². The molecule has 1 rings (SSSR count). The molecule has 17 heavy (non-hydrogen) atoms. The molecule has 0 fully saturated rings. The number of carbonyl (C=O) groups is 1. The lowest BCUT2D eigenvalue weighted by atomic mass is 9.98. The van der Waals surface area contributed by atoms with E-state index in [0.29, 0.717) is 5.92 Å². The lowest BCUT2D eigenvalue weighted by Crippen LogP contribution is -2.36. The molecule has 1 aromatic carbocycles. The first-order valence-corrected chi connectivity index (χ1v) is 5.85. The van der Waals surface area contributed by atoms with Gasteiger partial charge in [-0.1, -0.05) is 38.1 Å². The van der Waals surface area contributed by atoms with E-state index in [9.17, 15) is 4.79 Å². The molecule has 0 aliphatic carbocycles. The summed E-state index contributed by atoms with van der Waals surface area (Å²) in [5.74, 6) is 0.404. The van der Waals surface area contributed by atoms with Crippen LogP contribution in [0.1, 0.15) is 43.4 Å². The third-order valence-electron chi connectivity index (χ3n) is 2.70. The van der Waals surface area contributed by atoms with Crippen LogP contribution in [0.15, 0.2) is 24.3 Å². The summed E-state index contributed by atoms with van der Waals surface area (Å²) in [6.45, 7) is 4.30. The van der Waals surface area contributed by atoms with Crippen molar-refractivity contribution >= 4 is 5.91 Å². The van der Waals surface area contributed by atoms with Crippen molar-refractivity contribution in [1.29, 1.82) is 0 Å². The minimum absolute atomic E-state index is 0.104. The Labute approximate surface area is 103 Å². The highest BCUT2D eigenvalue weighted by atomic mass is 16.2. The van der Waals surface area contributed by atoms with Gasteiger partial charge in [0.05, 0.1) is 0 Å². The van der Waals surface area contributed by atoms with E-state index in [0.717, 1.165) is 5.56 Å². The molecule has 0 aromatic heterocycles. The summed E-state index contributed by atoms with van der Waals surface area (Å²) in [4.78, 5) is 11.3. The summed E-state index contributed by atoms with van der Waals surface area (Å²) >= 11 is 0. The predicted octanol–water partition coefficient (Wildman–Crippen LogP) is 1.45. The molecule has 0 radical (unpaired) electrons. The zero-order chi connectivity index (χ0) is 12.8. The van der Waals surface area contributed by atoms with E-state index in [2.05, 4.69) is 36.8 Å². The van der Waals surface area contributed by atoms with E-state index in [1.807, 2.05) is 12.1 Å². The Morgan fingerprint density at radius 1 is 1.24 bits per heavy atom. The maximum atomic E-state index is 11.3. The standard InChI is InChI=1S/C13H21N3O/c1-9(2)10-4-6-11(7-5-10)12(14)8-13(17)16-15-3/h4-7,9,12,15H,8,14H2,1-3H3,(H,16,17). The summed E-state index contributed by atoms with van der Waals surface area (Å²) in [7, 11) is 1.65. The topological polar surface area (TPSA) is 67.1 Å². The van der Waals surface area contributed by atoms with E-state index in [-0.39, 0.29) is 18.4 Å². The van der Waals surface area contributed by atoms with Crippen LogP contribution in [0.5, 0.6) is 0 Å². The minimum Gasteiger partial charge on any atom is -0.324 e. The summed E-state index contributed by atoms with van der Waals surface area (Å²) in [6.07, 6.45) is 0.280. The third kappa shape index (κ3) is 4.17. The van der Waals surface area contributed by atoms with Gasteiger partial charge in [-0.25, -0.2) is 5.43 Å². The van der Waals surface area contributed by atoms with Gasteiger partial charge >= 0.3 is 0 Å². The molecule has 4 N–H and O–H groups in total. The summed E-state index contributed by atoms with van der Waals surface area (Å²) < 4.78 is 0. The van der Waals surface area contributed by atoms with Crippen LogP contribution < -0.4 is 16.6 Å². The molecule has 4 nitrogen and oxygen atoms in total. The Hall–Kier alpha value is -1.39. The average Bonchev–Trinajstić information content (AvgIpc) is 2.29. The fraction of sp³-hybridized carbons (Fsp3) is 0.462. The predicted molar refractivity (Wildman–Crippen MR) is 69.3 cm³/mol. The van der Waals surface area contributed by atoms with E-state index in [1.54, 1.807) is 7.05 Å². The van der Waals surface area contributed by atoms with Gasteiger partial charge in [0.15, 0.2) is 0 Å². The molecule has 1 atom stereocenters. The summed E-state index contributed by atoms with van der Waals surface area (Å²) in [5, 5.41) is 0. The van der Waals surface area contributed by atoms with Crippen LogP contribution in [-0.4, -0.2) is 13.0 Å². The van der Waals surface area contributed by atoms with Gasteiger partial charge in [0, 0.05) is 19.5 Å². The first-order valence-electron chi connectivity index (χ1n) is 5.85. The Morgan fingerprint density at radius 2 is 1.76 bits per heavy atom. The molecular weight excluding hydrogens is 214 g/mol. The van der Waals surface area contributed by atoms with Crippen LogP contribution in [-0.2, 0) is 4.79 Å². The van der Waals surface area contributed by atoms with Gasteiger partial charge in [-0.3, -0.25) is 10.2 Å². The van der Waals surface area contributed by atoms with Crippen molar-refractivity contribution in [2.45, 2.75) is 32.2 Å². The molecule has 0 saturated heterocycles. The molecular formula is C13H21N3O. The average molecular weight is 235 g/mol. The Bertz CT molecular complexity index is 359. The first-order chi connectivity index (χ1) is 8.04. The number of carbonyl (C=O) groups excluding carboxylic acids is 1. The van der Waals surface area contributed by atoms with E-state index >= 15 is 0 Å². The number of nitrogens with one attached hydrogen (secondary N) is 2. The van der Waals surface area contributed by atoms with Crippen molar-refractivity contribution in [3.63, 3.8) is 0 Å².